The van der Waals surface area contributed by atoms with Crippen LogP contribution in [0.3, 0.4) is 0 Å². The molecular weight excluding hydrogens is 420 g/mol. The number of nitrogens with one attached hydrogen (secondary N) is 2. The van der Waals surface area contributed by atoms with Crippen molar-refractivity contribution in [3.05, 3.63) is 64.1 Å². The maximum absolute atomic E-state index is 12.1. The lowest BCUT2D eigenvalue weighted by Crippen LogP contribution is -2.27. The Kier molecular flexibility index (Phi) is 7.77. The van der Waals surface area contributed by atoms with Gasteiger partial charge in [-0.2, -0.15) is 0 Å². The van der Waals surface area contributed by atoms with E-state index < -0.39 is 10.0 Å². The van der Waals surface area contributed by atoms with Crippen LogP contribution in [0.25, 0.3) is 0 Å². The van der Waals surface area contributed by atoms with E-state index in [0.29, 0.717) is 19.6 Å². The van der Waals surface area contributed by atoms with E-state index in [0.717, 1.165) is 15.6 Å². The summed E-state index contributed by atoms with van der Waals surface area (Å²) < 4.78 is 32.4. The van der Waals surface area contributed by atoms with Gasteiger partial charge in [0.2, 0.25) is 15.9 Å². The fourth-order valence-electron chi connectivity index (χ4n) is 2.20. The Bertz CT molecular complexity index is 821. The second-order valence-electron chi connectivity index (χ2n) is 5.61. The lowest BCUT2D eigenvalue weighted by Gasteiger charge is -2.08. The van der Waals surface area contributed by atoms with Crippen LogP contribution in [-0.4, -0.2) is 34.6 Å². The number of halogens is 1. The molecule has 0 aliphatic rings. The van der Waals surface area contributed by atoms with Crippen LogP contribution in [0, 0.1) is 0 Å². The van der Waals surface area contributed by atoms with Crippen molar-refractivity contribution in [2.24, 2.45) is 0 Å². The van der Waals surface area contributed by atoms with Crippen LogP contribution in [-0.2, 0) is 32.5 Å². The Morgan fingerprint density at radius 2 is 1.65 bits per heavy atom. The molecule has 1 amide bonds. The lowest BCUT2D eigenvalue weighted by atomic mass is 10.1. The predicted octanol–water partition coefficient (Wildman–Crippen LogP) is 2.23. The van der Waals surface area contributed by atoms with Gasteiger partial charge >= 0.3 is 0 Å². The zero-order valence-electron chi connectivity index (χ0n) is 14.4. The monoisotopic (exact) mass is 440 g/mol. The molecule has 0 saturated carbocycles. The Morgan fingerprint density at radius 3 is 2.27 bits per heavy atom. The molecule has 0 aliphatic heterocycles. The van der Waals surface area contributed by atoms with Crippen molar-refractivity contribution < 1.29 is 17.9 Å². The van der Waals surface area contributed by atoms with Gasteiger partial charge in [-0.25, -0.2) is 13.1 Å². The summed E-state index contributed by atoms with van der Waals surface area (Å²) in [7, 11) is -2.04. The van der Waals surface area contributed by atoms with Gasteiger partial charge in [-0.15, -0.1) is 0 Å². The molecule has 6 nitrogen and oxygen atoms in total. The first kappa shape index (κ1) is 20.6. The van der Waals surface area contributed by atoms with Crippen LogP contribution in [0.4, 0.5) is 0 Å². The third-order valence-electron chi connectivity index (χ3n) is 3.60. The largest absolute Gasteiger partial charge is 0.383 e. The number of ether oxygens (including phenoxy) is 1. The molecule has 2 aromatic carbocycles. The van der Waals surface area contributed by atoms with Gasteiger partial charge in [-0.1, -0.05) is 40.2 Å². The van der Waals surface area contributed by atoms with Crippen LogP contribution in [0.2, 0.25) is 0 Å². The maximum atomic E-state index is 12.1. The van der Waals surface area contributed by atoms with Gasteiger partial charge in [0.25, 0.3) is 0 Å². The van der Waals surface area contributed by atoms with Crippen molar-refractivity contribution in [3.63, 3.8) is 0 Å². The minimum absolute atomic E-state index is 0.0924. The third-order valence-corrected chi connectivity index (χ3v) is 5.61. The second kappa shape index (κ2) is 9.82. The van der Waals surface area contributed by atoms with Crippen molar-refractivity contribution in [2.75, 3.05) is 20.3 Å². The Morgan fingerprint density at radius 1 is 1.04 bits per heavy atom. The molecule has 0 aromatic heterocycles. The number of hydrogen-bond acceptors (Lipinski definition) is 4. The van der Waals surface area contributed by atoms with E-state index in [1.165, 1.54) is 19.2 Å². The number of carbonyl (C=O) groups excluding carboxylic acids is 1. The molecule has 0 saturated heterocycles. The molecule has 0 aliphatic carbocycles. The number of hydrogen-bond donors (Lipinski definition) is 2. The maximum Gasteiger partial charge on any atom is 0.240 e. The van der Waals surface area contributed by atoms with Crippen molar-refractivity contribution in [3.8, 4) is 0 Å². The summed E-state index contributed by atoms with van der Waals surface area (Å²) >= 11 is 3.36. The minimum atomic E-state index is -3.55. The molecule has 2 aromatic rings. The molecule has 2 rings (SSSR count). The highest BCUT2D eigenvalue weighted by atomic mass is 79.9. The van der Waals surface area contributed by atoms with Crippen LogP contribution in [0.1, 0.15) is 11.1 Å². The zero-order valence-corrected chi connectivity index (χ0v) is 16.8. The first-order valence-corrected chi connectivity index (χ1v) is 10.3. The highest BCUT2D eigenvalue weighted by Crippen LogP contribution is 2.12. The molecule has 26 heavy (non-hydrogen) atoms. The van der Waals surface area contributed by atoms with E-state index in [1.807, 2.05) is 24.3 Å². The summed E-state index contributed by atoms with van der Waals surface area (Å²) in [5.41, 5.74) is 1.75. The molecule has 2 N–H and O–H groups in total. The summed E-state index contributed by atoms with van der Waals surface area (Å²) in [6.45, 7) is 0.862. The average Bonchev–Trinajstić information content (AvgIpc) is 2.62. The van der Waals surface area contributed by atoms with Crippen LogP contribution in [0.15, 0.2) is 57.9 Å². The van der Waals surface area contributed by atoms with Gasteiger partial charge in [0.05, 0.1) is 17.9 Å². The normalized spacial score (nSPS) is 11.3. The molecule has 0 spiro atoms. The quantitative estimate of drug-likeness (QED) is 0.585. The number of methoxy groups -OCH3 is 1. The Balaban J connectivity index is 1.86. The minimum Gasteiger partial charge on any atom is -0.383 e. The molecule has 0 bridgehead atoms. The second-order valence-corrected chi connectivity index (χ2v) is 8.30. The van der Waals surface area contributed by atoms with Gasteiger partial charge < -0.3 is 10.1 Å². The highest BCUT2D eigenvalue weighted by molar-refractivity contribution is 9.10. The van der Waals surface area contributed by atoms with E-state index in [-0.39, 0.29) is 17.3 Å². The summed E-state index contributed by atoms with van der Waals surface area (Å²) in [6, 6.07) is 14.0. The van der Waals surface area contributed by atoms with Gasteiger partial charge in [-0.3, -0.25) is 4.79 Å². The first-order chi connectivity index (χ1) is 12.4. The standard InChI is InChI=1S/C18H21BrN2O4S/c1-25-11-10-21-26(23,24)17-8-4-15(5-9-17)13-20-18(22)12-14-2-6-16(19)7-3-14/h2-9,21H,10-13H2,1H3,(H,20,22). The molecule has 0 fully saturated rings. The van der Waals surface area contributed by atoms with E-state index in [2.05, 4.69) is 26.0 Å². The Hall–Kier alpha value is -1.74. The summed E-state index contributed by atoms with van der Waals surface area (Å²) in [5, 5.41) is 2.83. The topological polar surface area (TPSA) is 84.5 Å². The molecule has 0 atom stereocenters. The zero-order chi connectivity index (χ0) is 19.0. The number of rotatable bonds is 9. The molecule has 0 unspecified atom stereocenters. The van der Waals surface area contributed by atoms with Gasteiger partial charge in [0.15, 0.2) is 0 Å². The highest BCUT2D eigenvalue weighted by Gasteiger charge is 2.13. The Labute approximate surface area is 162 Å². The molecule has 0 heterocycles. The van der Waals surface area contributed by atoms with Crippen molar-refractivity contribution in [2.45, 2.75) is 17.9 Å². The number of benzene rings is 2. The van der Waals surface area contributed by atoms with E-state index in [4.69, 9.17) is 4.74 Å². The van der Waals surface area contributed by atoms with Crippen LogP contribution >= 0.6 is 15.9 Å². The number of amides is 1. The number of carbonyl (C=O) groups is 1. The van der Waals surface area contributed by atoms with Gasteiger partial charge in [0, 0.05) is 24.7 Å². The fraction of sp³-hybridized carbons (Fsp3) is 0.278. The van der Waals surface area contributed by atoms with Gasteiger partial charge in [0.1, 0.15) is 0 Å². The molecule has 8 heteroatoms. The SMILES string of the molecule is COCCNS(=O)(=O)c1ccc(CNC(=O)Cc2ccc(Br)cc2)cc1. The third kappa shape index (κ3) is 6.53. The molecular formula is C18H21BrN2O4S. The number of sulfonamides is 1. The summed E-state index contributed by atoms with van der Waals surface area (Å²) in [5.74, 6) is -0.0924. The van der Waals surface area contributed by atoms with Crippen LogP contribution in [0.5, 0.6) is 0 Å². The van der Waals surface area contributed by atoms with Gasteiger partial charge in [-0.05, 0) is 35.4 Å². The van der Waals surface area contributed by atoms with Crippen molar-refractivity contribution in [1.29, 1.82) is 0 Å². The first-order valence-electron chi connectivity index (χ1n) is 7.99. The molecule has 140 valence electrons. The van der Waals surface area contributed by atoms with Crippen molar-refractivity contribution >= 4 is 31.9 Å². The summed E-state index contributed by atoms with van der Waals surface area (Å²) in [6.07, 6.45) is 0.295. The molecule has 0 radical (unpaired) electrons. The smallest absolute Gasteiger partial charge is 0.240 e. The van der Waals surface area contributed by atoms with Crippen molar-refractivity contribution in [1.82, 2.24) is 10.0 Å². The lowest BCUT2D eigenvalue weighted by molar-refractivity contribution is -0.120. The average molecular weight is 441 g/mol. The fourth-order valence-corrected chi connectivity index (χ4v) is 3.48. The van der Waals surface area contributed by atoms with E-state index in [1.54, 1.807) is 12.1 Å². The van der Waals surface area contributed by atoms with E-state index >= 15 is 0 Å². The summed E-state index contributed by atoms with van der Waals surface area (Å²) in [4.78, 5) is 12.2. The van der Waals surface area contributed by atoms with Crippen LogP contribution < -0.4 is 10.0 Å². The van der Waals surface area contributed by atoms with E-state index in [9.17, 15) is 13.2 Å². The predicted molar refractivity (Wildman–Crippen MR) is 103 cm³/mol.